The number of hydrogen-bond acceptors (Lipinski definition) is 6. The standard InChI is InChI=1S/C14H24N4O3/c1-4-20-14(19)18-7-5-17(6-8-18)10-13-15-12(16-21-13)9-11(2)3/h11H,4-10H2,1-3H3. The summed E-state index contributed by atoms with van der Waals surface area (Å²) in [4.78, 5) is 20.0. The molecule has 1 aromatic rings. The third kappa shape index (κ3) is 4.70. The van der Waals surface area contributed by atoms with Crippen molar-refractivity contribution in [3.8, 4) is 0 Å². The molecule has 118 valence electrons. The highest BCUT2D eigenvalue weighted by molar-refractivity contribution is 5.67. The van der Waals surface area contributed by atoms with Gasteiger partial charge in [0.15, 0.2) is 5.82 Å². The third-order valence-electron chi connectivity index (χ3n) is 3.36. The molecule has 0 radical (unpaired) electrons. The van der Waals surface area contributed by atoms with Crippen molar-refractivity contribution in [1.82, 2.24) is 19.9 Å². The van der Waals surface area contributed by atoms with E-state index < -0.39 is 0 Å². The average Bonchev–Trinajstić information content (AvgIpc) is 2.86. The van der Waals surface area contributed by atoms with Crippen LogP contribution in [0.1, 0.15) is 32.5 Å². The van der Waals surface area contributed by atoms with Crippen LogP contribution in [0.5, 0.6) is 0 Å². The summed E-state index contributed by atoms with van der Waals surface area (Å²) in [6, 6.07) is 0. The maximum absolute atomic E-state index is 11.6. The molecule has 2 heterocycles. The van der Waals surface area contributed by atoms with Crippen molar-refractivity contribution in [2.24, 2.45) is 5.92 Å². The van der Waals surface area contributed by atoms with E-state index in [9.17, 15) is 4.79 Å². The van der Waals surface area contributed by atoms with Crippen LogP contribution in [0.2, 0.25) is 0 Å². The van der Waals surface area contributed by atoms with E-state index in [2.05, 4.69) is 28.9 Å². The molecule has 0 aliphatic carbocycles. The zero-order chi connectivity index (χ0) is 15.2. The van der Waals surface area contributed by atoms with Crippen molar-refractivity contribution in [3.05, 3.63) is 11.7 Å². The summed E-state index contributed by atoms with van der Waals surface area (Å²) in [5.74, 6) is 1.93. The molecule has 21 heavy (non-hydrogen) atoms. The number of carbonyl (C=O) groups is 1. The summed E-state index contributed by atoms with van der Waals surface area (Å²) in [5.41, 5.74) is 0. The summed E-state index contributed by atoms with van der Waals surface area (Å²) in [6.07, 6.45) is 0.606. The maximum Gasteiger partial charge on any atom is 0.409 e. The first-order chi connectivity index (χ1) is 10.1. The summed E-state index contributed by atoms with van der Waals surface area (Å²) in [5, 5.41) is 3.99. The monoisotopic (exact) mass is 296 g/mol. The number of aromatic nitrogens is 2. The molecule has 0 N–H and O–H groups in total. The lowest BCUT2D eigenvalue weighted by atomic mass is 10.1. The molecular weight excluding hydrogens is 272 g/mol. The van der Waals surface area contributed by atoms with Gasteiger partial charge in [0.2, 0.25) is 5.89 Å². The fourth-order valence-electron chi connectivity index (χ4n) is 2.30. The summed E-state index contributed by atoms with van der Waals surface area (Å²) in [7, 11) is 0. The molecule has 1 amide bonds. The van der Waals surface area contributed by atoms with Crippen molar-refractivity contribution in [2.45, 2.75) is 33.7 Å². The number of nitrogens with zero attached hydrogens (tertiary/aromatic N) is 4. The molecule has 0 atom stereocenters. The molecule has 0 bridgehead atoms. The topological polar surface area (TPSA) is 71.7 Å². The van der Waals surface area contributed by atoms with Crippen LogP contribution in [0, 0.1) is 5.92 Å². The Bertz CT molecular complexity index is 453. The predicted octanol–water partition coefficient (Wildman–Crippen LogP) is 1.54. The van der Waals surface area contributed by atoms with Gasteiger partial charge < -0.3 is 14.2 Å². The molecule has 1 fully saturated rings. The second-order valence-electron chi connectivity index (χ2n) is 5.66. The molecule has 1 aromatic heterocycles. The number of carbonyl (C=O) groups excluding carboxylic acids is 1. The molecule has 0 spiro atoms. The summed E-state index contributed by atoms with van der Waals surface area (Å²) in [6.45, 7) is 10.1. The van der Waals surface area contributed by atoms with Gasteiger partial charge in [0.25, 0.3) is 0 Å². The van der Waals surface area contributed by atoms with Crippen molar-refractivity contribution < 1.29 is 14.1 Å². The molecule has 1 aliphatic rings. The molecule has 1 aliphatic heterocycles. The van der Waals surface area contributed by atoms with Gasteiger partial charge >= 0.3 is 6.09 Å². The van der Waals surface area contributed by atoms with Crippen LogP contribution in [0.4, 0.5) is 4.79 Å². The Hall–Kier alpha value is -1.63. The van der Waals surface area contributed by atoms with E-state index in [1.54, 1.807) is 4.90 Å². The molecule has 2 rings (SSSR count). The van der Waals surface area contributed by atoms with Crippen molar-refractivity contribution >= 4 is 6.09 Å². The molecule has 0 saturated carbocycles. The fraction of sp³-hybridized carbons (Fsp3) is 0.786. The van der Waals surface area contributed by atoms with E-state index in [1.807, 2.05) is 6.92 Å². The van der Waals surface area contributed by atoms with Crippen LogP contribution in [-0.2, 0) is 17.7 Å². The third-order valence-corrected chi connectivity index (χ3v) is 3.36. The lowest BCUT2D eigenvalue weighted by molar-refractivity contribution is 0.0749. The van der Waals surface area contributed by atoms with Gasteiger partial charge in [0, 0.05) is 32.6 Å². The predicted molar refractivity (Wildman–Crippen MR) is 76.7 cm³/mol. The Morgan fingerprint density at radius 3 is 2.67 bits per heavy atom. The van der Waals surface area contributed by atoms with Crippen LogP contribution in [0.25, 0.3) is 0 Å². The first-order valence-corrected chi connectivity index (χ1v) is 7.54. The second kappa shape index (κ2) is 7.40. The van der Waals surface area contributed by atoms with Crippen LogP contribution in [-0.4, -0.2) is 58.8 Å². The maximum atomic E-state index is 11.6. The number of piperazine rings is 1. The van der Waals surface area contributed by atoms with Gasteiger partial charge in [-0.05, 0) is 12.8 Å². The average molecular weight is 296 g/mol. The first kappa shape index (κ1) is 15.8. The van der Waals surface area contributed by atoms with Crippen LogP contribution >= 0.6 is 0 Å². The molecule has 7 nitrogen and oxygen atoms in total. The number of hydrogen-bond donors (Lipinski definition) is 0. The van der Waals surface area contributed by atoms with Gasteiger partial charge in [-0.1, -0.05) is 19.0 Å². The molecule has 1 saturated heterocycles. The van der Waals surface area contributed by atoms with E-state index in [1.165, 1.54) is 0 Å². The zero-order valence-corrected chi connectivity index (χ0v) is 13.0. The highest BCUT2D eigenvalue weighted by Crippen LogP contribution is 2.10. The second-order valence-corrected chi connectivity index (χ2v) is 5.66. The van der Waals surface area contributed by atoms with E-state index in [0.29, 0.717) is 38.0 Å². The summed E-state index contributed by atoms with van der Waals surface area (Å²) >= 11 is 0. The fourth-order valence-corrected chi connectivity index (χ4v) is 2.30. The Morgan fingerprint density at radius 1 is 1.33 bits per heavy atom. The van der Waals surface area contributed by atoms with Crippen molar-refractivity contribution in [3.63, 3.8) is 0 Å². The molecule has 0 aromatic carbocycles. The number of rotatable bonds is 5. The minimum absolute atomic E-state index is 0.228. The largest absolute Gasteiger partial charge is 0.450 e. The lowest BCUT2D eigenvalue weighted by Gasteiger charge is -2.33. The van der Waals surface area contributed by atoms with Crippen molar-refractivity contribution in [2.75, 3.05) is 32.8 Å². The SMILES string of the molecule is CCOC(=O)N1CCN(Cc2nc(CC(C)C)no2)CC1. The summed E-state index contributed by atoms with van der Waals surface area (Å²) < 4.78 is 10.3. The minimum atomic E-state index is -0.228. The van der Waals surface area contributed by atoms with E-state index in [0.717, 1.165) is 25.3 Å². The number of amides is 1. The van der Waals surface area contributed by atoms with Crippen molar-refractivity contribution in [1.29, 1.82) is 0 Å². The Labute approximate surface area is 125 Å². The van der Waals surface area contributed by atoms with E-state index in [4.69, 9.17) is 9.26 Å². The van der Waals surface area contributed by atoms with Crippen LogP contribution in [0.3, 0.4) is 0 Å². The van der Waals surface area contributed by atoms with Gasteiger partial charge in [-0.3, -0.25) is 4.90 Å². The highest BCUT2D eigenvalue weighted by Gasteiger charge is 2.23. The minimum Gasteiger partial charge on any atom is -0.450 e. The molecular formula is C14H24N4O3. The van der Waals surface area contributed by atoms with Gasteiger partial charge in [-0.15, -0.1) is 0 Å². The van der Waals surface area contributed by atoms with E-state index >= 15 is 0 Å². The molecule has 0 unspecified atom stereocenters. The quantitative estimate of drug-likeness (QED) is 0.821. The zero-order valence-electron chi connectivity index (χ0n) is 13.0. The van der Waals surface area contributed by atoms with Gasteiger partial charge in [0.05, 0.1) is 13.2 Å². The van der Waals surface area contributed by atoms with Gasteiger partial charge in [-0.25, -0.2) is 4.79 Å². The Balaban J connectivity index is 1.78. The first-order valence-electron chi connectivity index (χ1n) is 7.54. The van der Waals surface area contributed by atoms with Crippen LogP contribution < -0.4 is 0 Å². The Morgan fingerprint density at radius 2 is 2.05 bits per heavy atom. The van der Waals surface area contributed by atoms with E-state index in [-0.39, 0.29) is 6.09 Å². The van der Waals surface area contributed by atoms with Crippen LogP contribution in [0.15, 0.2) is 4.52 Å². The highest BCUT2D eigenvalue weighted by atomic mass is 16.6. The Kier molecular flexibility index (Phi) is 5.55. The lowest BCUT2D eigenvalue weighted by Crippen LogP contribution is -2.48. The normalized spacial score (nSPS) is 16.5. The van der Waals surface area contributed by atoms with Gasteiger partial charge in [0.1, 0.15) is 0 Å². The smallest absolute Gasteiger partial charge is 0.409 e. The molecule has 7 heteroatoms. The van der Waals surface area contributed by atoms with Gasteiger partial charge in [-0.2, -0.15) is 4.98 Å². The number of ether oxygens (including phenoxy) is 1.